The zero-order chi connectivity index (χ0) is 10.6. The minimum atomic E-state index is -0.0263. The lowest BCUT2D eigenvalue weighted by Crippen LogP contribution is -2.04. The summed E-state index contributed by atoms with van der Waals surface area (Å²) in [5.41, 5.74) is 1.66. The molecule has 1 rings (SSSR count). The van der Waals surface area contributed by atoms with Crippen LogP contribution in [-0.4, -0.2) is 16.8 Å². The van der Waals surface area contributed by atoms with Crippen LogP contribution >= 0.6 is 27.5 Å². The summed E-state index contributed by atoms with van der Waals surface area (Å²) in [6.07, 6.45) is 0.315. The quantitative estimate of drug-likeness (QED) is 0.858. The van der Waals surface area contributed by atoms with E-state index in [1.165, 1.54) is 0 Å². The maximum Gasteiger partial charge on any atom is 0.151 e. The van der Waals surface area contributed by atoms with E-state index < -0.39 is 0 Å². The lowest BCUT2D eigenvalue weighted by atomic mass is 10.1. The summed E-state index contributed by atoms with van der Waals surface area (Å²) in [4.78, 5) is 11.1. The summed E-state index contributed by atoms with van der Waals surface area (Å²) in [5, 5.41) is 8.95. The molecule has 0 aliphatic heterocycles. The van der Waals surface area contributed by atoms with Crippen molar-refractivity contribution in [3.05, 3.63) is 33.8 Å². The first kappa shape index (κ1) is 11.7. The van der Waals surface area contributed by atoms with Crippen molar-refractivity contribution >= 4 is 33.3 Å². The monoisotopic (exact) mass is 276 g/mol. The fraction of sp³-hybridized carbons (Fsp3) is 0.300. The zero-order valence-electron chi connectivity index (χ0n) is 7.46. The van der Waals surface area contributed by atoms with Crippen LogP contribution in [0.25, 0.3) is 0 Å². The molecule has 0 bridgehead atoms. The Bertz CT molecular complexity index is 339. The highest BCUT2D eigenvalue weighted by molar-refractivity contribution is 9.10. The molecule has 0 fully saturated rings. The van der Waals surface area contributed by atoms with E-state index in [9.17, 15) is 4.79 Å². The van der Waals surface area contributed by atoms with Gasteiger partial charge in [0.1, 0.15) is 0 Å². The molecule has 2 nitrogen and oxygen atoms in total. The van der Waals surface area contributed by atoms with Crippen molar-refractivity contribution < 1.29 is 9.90 Å². The molecule has 0 atom stereocenters. The largest absolute Gasteiger partial charge is 0.392 e. The third-order valence-electron chi connectivity index (χ3n) is 1.75. The lowest BCUT2D eigenvalue weighted by molar-refractivity contribution is -0.116. The Kier molecular flexibility index (Phi) is 4.58. The van der Waals surface area contributed by atoms with Gasteiger partial charge in [-0.05, 0) is 23.3 Å². The minimum absolute atomic E-state index is 0.0198. The average molecular weight is 278 g/mol. The lowest BCUT2D eigenvalue weighted by Gasteiger charge is -2.03. The van der Waals surface area contributed by atoms with E-state index in [1.807, 2.05) is 12.1 Å². The Hall–Kier alpha value is -0.380. The first-order valence-corrected chi connectivity index (χ1v) is 5.45. The predicted octanol–water partition coefficient (Wildman–Crippen LogP) is 2.29. The molecular formula is C10H10BrClO2. The van der Waals surface area contributed by atoms with Gasteiger partial charge in [0, 0.05) is 10.9 Å². The van der Waals surface area contributed by atoms with Gasteiger partial charge < -0.3 is 5.11 Å². The normalized spacial score (nSPS) is 10.2. The van der Waals surface area contributed by atoms with Crippen LogP contribution in [0.1, 0.15) is 11.1 Å². The van der Waals surface area contributed by atoms with Crippen LogP contribution in [0.3, 0.4) is 0 Å². The van der Waals surface area contributed by atoms with Crippen LogP contribution in [-0.2, 0) is 17.8 Å². The molecule has 1 N–H and O–H groups in total. The second-order valence-electron chi connectivity index (χ2n) is 2.97. The van der Waals surface area contributed by atoms with Gasteiger partial charge in [-0.15, -0.1) is 11.6 Å². The molecule has 0 unspecified atom stereocenters. The number of halogens is 2. The van der Waals surface area contributed by atoms with E-state index in [0.29, 0.717) is 6.42 Å². The molecule has 0 amide bonds. The number of carbonyl (C=O) groups excluding carboxylic acids is 1. The number of carbonyl (C=O) groups is 1. The summed E-state index contributed by atoms with van der Waals surface area (Å²) >= 11 is 8.71. The van der Waals surface area contributed by atoms with Gasteiger partial charge in [0.2, 0.25) is 0 Å². The molecule has 0 heterocycles. The number of hydrogen-bond donors (Lipinski definition) is 1. The molecule has 0 saturated carbocycles. The summed E-state index contributed by atoms with van der Waals surface area (Å²) in [6.45, 7) is -0.0263. The number of alkyl halides is 1. The molecule has 0 aliphatic rings. The molecule has 4 heteroatoms. The Balaban J connectivity index is 2.86. The number of Topliss-reactive ketones (excluding diaryl/α,β-unsaturated/α-hetero) is 1. The van der Waals surface area contributed by atoms with Crippen molar-refractivity contribution in [2.75, 3.05) is 5.88 Å². The number of aliphatic hydroxyl groups is 1. The van der Waals surface area contributed by atoms with Gasteiger partial charge in [-0.2, -0.15) is 0 Å². The number of benzene rings is 1. The van der Waals surface area contributed by atoms with E-state index in [2.05, 4.69) is 15.9 Å². The molecule has 1 aromatic rings. The molecule has 0 saturated heterocycles. The van der Waals surface area contributed by atoms with Crippen molar-refractivity contribution in [1.29, 1.82) is 0 Å². The highest BCUT2D eigenvalue weighted by Crippen LogP contribution is 2.16. The minimum Gasteiger partial charge on any atom is -0.392 e. The second-order valence-corrected chi connectivity index (χ2v) is 4.16. The maximum atomic E-state index is 11.1. The topological polar surface area (TPSA) is 37.3 Å². The molecule has 0 spiro atoms. The smallest absolute Gasteiger partial charge is 0.151 e. The summed E-state index contributed by atoms with van der Waals surface area (Å²) < 4.78 is 0.862. The fourth-order valence-electron chi connectivity index (χ4n) is 1.19. The SMILES string of the molecule is O=C(CCl)Cc1cc(Br)cc(CO)c1. The van der Waals surface area contributed by atoms with Crippen LogP contribution < -0.4 is 0 Å². The van der Waals surface area contributed by atoms with Gasteiger partial charge in [-0.25, -0.2) is 0 Å². The van der Waals surface area contributed by atoms with Crippen molar-refractivity contribution in [3.8, 4) is 0 Å². The van der Waals surface area contributed by atoms with Crippen molar-refractivity contribution in [1.82, 2.24) is 0 Å². The number of hydrogen-bond acceptors (Lipinski definition) is 2. The highest BCUT2D eigenvalue weighted by atomic mass is 79.9. The van der Waals surface area contributed by atoms with Crippen LogP contribution in [0.4, 0.5) is 0 Å². The van der Waals surface area contributed by atoms with Crippen molar-refractivity contribution in [2.45, 2.75) is 13.0 Å². The van der Waals surface area contributed by atoms with Crippen LogP contribution in [0.2, 0.25) is 0 Å². The third kappa shape index (κ3) is 3.40. The van der Waals surface area contributed by atoms with Gasteiger partial charge in [0.25, 0.3) is 0 Å². The first-order chi connectivity index (χ1) is 6.65. The van der Waals surface area contributed by atoms with Crippen LogP contribution in [0.5, 0.6) is 0 Å². The standard InChI is InChI=1S/C10H10BrClO2/c11-9-2-7(4-10(14)5-12)1-8(3-9)6-13/h1-3,13H,4-6H2. The summed E-state index contributed by atoms with van der Waals surface area (Å²) in [7, 11) is 0. The van der Waals surface area contributed by atoms with E-state index in [0.717, 1.165) is 15.6 Å². The van der Waals surface area contributed by atoms with Crippen LogP contribution in [0.15, 0.2) is 22.7 Å². The van der Waals surface area contributed by atoms with Gasteiger partial charge in [0.15, 0.2) is 5.78 Å². The summed E-state index contributed by atoms with van der Waals surface area (Å²) in [6, 6.07) is 5.47. The Labute approximate surface area is 96.0 Å². The van der Waals surface area contributed by atoms with Gasteiger partial charge in [-0.3, -0.25) is 4.79 Å². The zero-order valence-corrected chi connectivity index (χ0v) is 9.81. The fourth-order valence-corrected chi connectivity index (χ4v) is 1.87. The second kappa shape index (κ2) is 5.49. The van der Waals surface area contributed by atoms with Gasteiger partial charge in [0.05, 0.1) is 12.5 Å². The number of ketones is 1. The Morgan fingerprint density at radius 1 is 1.36 bits per heavy atom. The molecule has 0 radical (unpaired) electrons. The molecule has 76 valence electrons. The van der Waals surface area contributed by atoms with Crippen molar-refractivity contribution in [3.63, 3.8) is 0 Å². The highest BCUT2D eigenvalue weighted by Gasteiger charge is 2.04. The molecule has 0 aliphatic carbocycles. The van der Waals surface area contributed by atoms with Gasteiger partial charge >= 0.3 is 0 Å². The predicted molar refractivity (Wildman–Crippen MR) is 59.5 cm³/mol. The molecule has 14 heavy (non-hydrogen) atoms. The first-order valence-electron chi connectivity index (χ1n) is 4.12. The van der Waals surface area contributed by atoms with Gasteiger partial charge in [-0.1, -0.05) is 22.0 Å². The van der Waals surface area contributed by atoms with E-state index >= 15 is 0 Å². The van der Waals surface area contributed by atoms with E-state index in [1.54, 1.807) is 6.07 Å². The molecule has 1 aromatic carbocycles. The van der Waals surface area contributed by atoms with Crippen LogP contribution in [0, 0.1) is 0 Å². The third-order valence-corrected chi connectivity index (χ3v) is 2.51. The average Bonchev–Trinajstić information content (AvgIpc) is 2.16. The van der Waals surface area contributed by atoms with E-state index in [4.69, 9.17) is 16.7 Å². The summed E-state index contributed by atoms with van der Waals surface area (Å²) in [5.74, 6) is 0.00898. The molecular weight excluding hydrogens is 267 g/mol. The molecule has 0 aromatic heterocycles. The maximum absolute atomic E-state index is 11.1. The number of rotatable bonds is 4. The van der Waals surface area contributed by atoms with Crippen molar-refractivity contribution in [2.24, 2.45) is 0 Å². The number of aliphatic hydroxyl groups excluding tert-OH is 1. The van der Waals surface area contributed by atoms with E-state index in [-0.39, 0.29) is 18.3 Å². The Morgan fingerprint density at radius 2 is 2.00 bits per heavy atom. The Morgan fingerprint density at radius 3 is 2.57 bits per heavy atom.